The molecule has 0 bridgehead atoms. The lowest BCUT2D eigenvalue weighted by Gasteiger charge is -2.12. The summed E-state index contributed by atoms with van der Waals surface area (Å²) in [5, 5.41) is 4.96. The summed E-state index contributed by atoms with van der Waals surface area (Å²) in [6, 6.07) is 13.5. The number of Topliss-reactive ketones (excluding diaryl/α,β-unsaturated/α-hetero) is 1. The van der Waals surface area contributed by atoms with Crippen molar-refractivity contribution in [3.05, 3.63) is 48.0 Å². The third-order valence-electron chi connectivity index (χ3n) is 3.44. The molecule has 20 heavy (non-hydrogen) atoms. The number of benzene rings is 2. The average molecular weight is 269 g/mol. The summed E-state index contributed by atoms with van der Waals surface area (Å²) >= 11 is 0. The van der Waals surface area contributed by atoms with Crippen LogP contribution < -0.4 is 5.32 Å². The van der Waals surface area contributed by atoms with E-state index in [9.17, 15) is 9.59 Å². The molecular formula is C17H19NO2. The first-order valence-corrected chi connectivity index (χ1v) is 6.90. The van der Waals surface area contributed by atoms with Crippen molar-refractivity contribution >= 4 is 22.5 Å². The van der Waals surface area contributed by atoms with Crippen molar-refractivity contribution in [2.75, 3.05) is 0 Å². The second-order valence-corrected chi connectivity index (χ2v) is 4.92. The number of ketones is 1. The summed E-state index contributed by atoms with van der Waals surface area (Å²) in [5.74, 6) is -0.0630. The lowest BCUT2D eigenvalue weighted by Crippen LogP contribution is -2.39. The Morgan fingerprint density at radius 2 is 1.80 bits per heavy atom. The standard InChI is InChI=1S/C17H19NO2/c1-3-16(19)12(2)18-17(20)11-14-9-6-8-13-7-4-5-10-15(13)14/h4-10,12H,3,11H2,1-2H3,(H,18,20). The molecule has 1 N–H and O–H groups in total. The fourth-order valence-corrected chi connectivity index (χ4v) is 2.30. The number of amides is 1. The summed E-state index contributed by atoms with van der Waals surface area (Å²) in [6.07, 6.45) is 0.735. The van der Waals surface area contributed by atoms with E-state index in [0.717, 1.165) is 16.3 Å². The number of hydrogen-bond acceptors (Lipinski definition) is 2. The summed E-state index contributed by atoms with van der Waals surface area (Å²) < 4.78 is 0. The SMILES string of the molecule is CCC(=O)C(C)NC(=O)Cc1cccc2ccccc12. The largest absolute Gasteiger partial charge is 0.346 e. The van der Waals surface area contributed by atoms with E-state index in [0.29, 0.717) is 12.8 Å². The van der Waals surface area contributed by atoms with Gasteiger partial charge in [-0.25, -0.2) is 0 Å². The van der Waals surface area contributed by atoms with E-state index in [-0.39, 0.29) is 11.7 Å². The highest BCUT2D eigenvalue weighted by Crippen LogP contribution is 2.18. The molecule has 0 saturated heterocycles. The predicted octanol–water partition coefficient (Wildman–Crippen LogP) is 2.87. The Kier molecular flexibility index (Phi) is 4.51. The maximum Gasteiger partial charge on any atom is 0.225 e. The van der Waals surface area contributed by atoms with Gasteiger partial charge in [0.15, 0.2) is 5.78 Å². The molecule has 2 aromatic carbocycles. The molecule has 0 radical (unpaired) electrons. The molecule has 0 aromatic heterocycles. The van der Waals surface area contributed by atoms with Gasteiger partial charge in [-0.3, -0.25) is 9.59 Å². The minimum atomic E-state index is -0.414. The van der Waals surface area contributed by atoms with E-state index in [1.54, 1.807) is 13.8 Å². The number of rotatable bonds is 5. The molecule has 0 heterocycles. The normalized spacial score (nSPS) is 12.1. The van der Waals surface area contributed by atoms with Crippen LogP contribution >= 0.6 is 0 Å². The highest BCUT2D eigenvalue weighted by atomic mass is 16.2. The molecule has 0 spiro atoms. The third-order valence-corrected chi connectivity index (χ3v) is 3.44. The molecule has 1 amide bonds. The fraction of sp³-hybridized carbons (Fsp3) is 0.294. The maximum absolute atomic E-state index is 12.0. The number of fused-ring (bicyclic) bond motifs is 1. The molecule has 3 nitrogen and oxygen atoms in total. The van der Waals surface area contributed by atoms with Crippen LogP contribution in [0.5, 0.6) is 0 Å². The highest BCUT2D eigenvalue weighted by molar-refractivity contribution is 5.92. The first-order valence-electron chi connectivity index (χ1n) is 6.90. The van der Waals surface area contributed by atoms with Crippen LogP contribution in [0, 0.1) is 0 Å². The van der Waals surface area contributed by atoms with Gasteiger partial charge >= 0.3 is 0 Å². The van der Waals surface area contributed by atoms with Crippen LogP contribution in [0.2, 0.25) is 0 Å². The van der Waals surface area contributed by atoms with Crippen molar-refractivity contribution in [3.8, 4) is 0 Å². The highest BCUT2D eigenvalue weighted by Gasteiger charge is 2.14. The maximum atomic E-state index is 12.0. The molecular weight excluding hydrogens is 250 g/mol. The molecule has 0 aliphatic carbocycles. The van der Waals surface area contributed by atoms with Crippen molar-refractivity contribution in [2.24, 2.45) is 0 Å². The summed E-state index contributed by atoms with van der Waals surface area (Å²) in [5.41, 5.74) is 0.983. The Bertz CT molecular complexity index is 628. The Morgan fingerprint density at radius 3 is 2.55 bits per heavy atom. The van der Waals surface area contributed by atoms with Crippen LogP contribution in [-0.2, 0) is 16.0 Å². The second kappa shape index (κ2) is 6.33. The number of carbonyl (C=O) groups excluding carboxylic acids is 2. The summed E-state index contributed by atoms with van der Waals surface area (Å²) in [4.78, 5) is 23.5. The van der Waals surface area contributed by atoms with Crippen LogP contribution in [0.15, 0.2) is 42.5 Å². The zero-order chi connectivity index (χ0) is 14.5. The number of nitrogens with one attached hydrogen (secondary N) is 1. The molecule has 2 rings (SSSR count). The lowest BCUT2D eigenvalue weighted by atomic mass is 10.0. The van der Waals surface area contributed by atoms with Crippen molar-refractivity contribution in [2.45, 2.75) is 32.7 Å². The van der Waals surface area contributed by atoms with Crippen LogP contribution in [0.4, 0.5) is 0 Å². The molecule has 1 unspecified atom stereocenters. The van der Waals surface area contributed by atoms with E-state index in [1.165, 1.54) is 0 Å². The van der Waals surface area contributed by atoms with E-state index >= 15 is 0 Å². The van der Waals surface area contributed by atoms with Crippen LogP contribution in [0.1, 0.15) is 25.8 Å². The van der Waals surface area contributed by atoms with Gasteiger partial charge in [0.1, 0.15) is 0 Å². The minimum absolute atomic E-state index is 0.0521. The fourth-order valence-electron chi connectivity index (χ4n) is 2.30. The smallest absolute Gasteiger partial charge is 0.225 e. The molecule has 0 saturated carbocycles. The second-order valence-electron chi connectivity index (χ2n) is 4.92. The lowest BCUT2D eigenvalue weighted by molar-refractivity contribution is -0.126. The van der Waals surface area contributed by atoms with Crippen LogP contribution in [0.3, 0.4) is 0 Å². The van der Waals surface area contributed by atoms with Crippen molar-refractivity contribution in [1.82, 2.24) is 5.32 Å². The Labute approximate surface area is 119 Å². The van der Waals surface area contributed by atoms with E-state index in [2.05, 4.69) is 5.32 Å². The van der Waals surface area contributed by atoms with Crippen molar-refractivity contribution < 1.29 is 9.59 Å². The van der Waals surface area contributed by atoms with E-state index in [1.807, 2.05) is 42.5 Å². The minimum Gasteiger partial charge on any atom is -0.346 e. The van der Waals surface area contributed by atoms with E-state index in [4.69, 9.17) is 0 Å². The molecule has 104 valence electrons. The molecule has 0 aliphatic rings. The predicted molar refractivity (Wildman–Crippen MR) is 80.6 cm³/mol. The average Bonchev–Trinajstić information content (AvgIpc) is 2.46. The number of carbonyl (C=O) groups is 2. The van der Waals surface area contributed by atoms with Gasteiger partial charge in [-0.15, -0.1) is 0 Å². The topological polar surface area (TPSA) is 46.2 Å². The van der Waals surface area contributed by atoms with Gasteiger partial charge in [0.25, 0.3) is 0 Å². The molecule has 0 fully saturated rings. The van der Waals surface area contributed by atoms with Gasteiger partial charge in [0.05, 0.1) is 12.5 Å². The van der Waals surface area contributed by atoms with Crippen molar-refractivity contribution in [3.63, 3.8) is 0 Å². The van der Waals surface area contributed by atoms with Crippen molar-refractivity contribution in [1.29, 1.82) is 0 Å². The first kappa shape index (κ1) is 14.3. The zero-order valence-electron chi connectivity index (χ0n) is 11.8. The zero-order valence-corrected chi connectivity index (χ0v) is 11.8. The van der Waals surface area contributed by atoms with Crippen LogP contribution in [-0.4, -0.2) is 17.7 Å². The summed E-state index contributed by atoms with van der Waals surface area (Å²) in [6.45, 7) is 3.53. The van der Waals surface area contributed by atoms with Gasteiger partial charge in [0.2, 0.25) is 5.91 Å². The Morgan fingerprint density at radius 1 is 1.10 bits per heavy atom. The molecule has 1 atom stereocenters. The molecule has 2 aromatic rings. The van der Waals surface area contributed by atoms with Gasteiger partial charge in [-0.2, -0.15) is 0 Å². The Hall–Kier alpha value is -2.16. The monoisotopic (exact) mass is 269 g/mol. The van der Waals surface area contributed by atoms with Gasteiger partial charge < -0.3 is 5.32 Å². The van der Waals surface area contributed by atoms with Gasteiger partial charge in [0, 0.05) is 6.42 Å². The summed E-state index contributed by atoms with van der Waals surface area (Å²) in [7, 11) is 0. The molecule has 0 aliphatic heterocycles. The Balaban J connectivity index is 2.12. The van der Waals surface area contributed by atoms with Gasteiger partial charge in [-0.1, -0.05) is 49.4 Å². The van der Waals surface area contributed by atoms with Crippen LogP contribution in [0.25, 0.3) is 10.8 Å². The molecule has 3 heteroatoms. The quantitative estimate of drug-likeness (QED) is 0.907. The van der Waals surface area contributed by atoms with E-state index < -0.39 is 6.04 Å². The van der Waals surface area contributed by atoms with Gasteiger partial charge in [-0.05, 0) is 23.3 Å². The number of hydrogen-bond donors (Lipinski definition) is 1. The first-order chi connectivity index (χ1) is 9.61. The third kappa shape index (κ3) is 3.23.